The van der Waals surface area contributed by atoms with Gasteiger partial charge in [-0.05, 0) is 24.3 Å². The molecule has 108 valence electrons. The molecule has 1 aromatic carbocycles. The monoisotopic (exact) mass is 278 g/mol. The lowest BCUT2D eigenvalue weighted by Gasteiger charge is -2.24. The van der Waals surface area contributed by atoms with Gasteiger partial charge in [-0.3, -0.25) is 14.4 Å². The second-order valence-electron chi connectivity index (χ2n) is 4.70. The molecule has 6 heteroatoms. The molecule has 0 radical (unpaired) electrons. The molecule has 0 aromatic heterocycles. The highest BCUT2D eigenvalue weighted by atomic mass is 16.4. The van der Waals surface area contributed by atoms with Gasteiger partial charge in [-0.1, -0.05) is 13.8 Å². The molecular formula is C14H18N2O4. The van der Waals surface area contributed by atoms with Crippen molar-refractivity contribution in [1.82, 2.24) is 0 Å². The molecule has 0 aliphatic carbocycles. The van der Waals surface area contributed by atoms with Crippen molar-refractivity contribution < 1.29 is 19.5 Å². The van der Waals surface area contributed by atoms with Crippen molar-refractivity contribution in [2.24, 2.45) is 11.7 Å². The van der Waals surface area contributed by atoms with Gasteiger partial charge in [-0.15, -0.1) is 0 Å². The highest BCUT2D eigenvalue weighted by molar-refractivity contribution is 5.96. The molecule has 2 amide bonds. The highest BCUT2D eigenvalue weighted by Crippen LogP contribution is 2.18. The molecule has 0 fully saturated rings. The third kappa shape index (κ3) is 4.08. The van der Waals surface area contributed by atoms with Crippen LogP contribution in [0.4, 0.5) is 5.69 Å². The molecule has 0 aliphatic rings. The maximum absolute atomic E-state index is 12.1. The molecule has 6 nitrogen and oxygen atoms in total. The number of amides is 2. The Hall–Kier alpha value is -2.37. The van der Waals surface area contributed by atoms with Crippen LogP contribution >= 0.6 is 0 Å². The molecule has 0 atom stereocenters. The van der Waals surface area contributed by atoms with E-state index < -0.39 is 11.9 Å². The Morgan fingerprint density at radius 3 is 2.15 bits per heavy atom. The van der Waals surface area contributed by atoms with Gasteiger partial charge in [-0.2, -0.15) is 0 Å². The summed E-state index contributed by atoms with van der Waals surface area (Å²) in [4.78, 5) is 35.2. The largest absolute Gasteiger partial charge is 0.481 e. The number of benzene rings is 1. The number of aliphatic carboxylic acids is 1. The Balaban J connectivity index is 2.99. The second kappa shape index (κ2) is 6.70. The molecule has 20 heavy (non-hydrogen) atoms. The first-order valence-corrected chi connectivity index (χ1v) is 6.26. The van der Waals surface area contributed by atoms with E-state index >= 15 is 0 Å². The summed E-state index contributed by atoms with van der Waals surface area (Å²) in [7, 11) is 0. The van der Waals surface area contributed by atoms with Gasteiger partial charge in [0.05, 0.1) is 6.42 Å². The quantitative estimate of drug-likeness (QED) is 0.817. The van der Waals surface area contributed by atoms with E-state index in [1.165, 1.54) is 17.0 Å². The average molecular weight is 278 g/mol. The number of nitrogens with two attached hydrogens (primary N) is 1. The van der Waals surface area contributed by atoms with Crippen molar-refractivity contribution in [3.63, 3.8) is 0 Å². The molecule has 1 aromatic rings. The van der Waals surface area contributed by atoms with Crippen molar-refractivity contribution in [1.29, 1.82) is 0 Å². The maximum Gasteiger partial charge on any atom is 0.305 e. The normalized spacial score (nSPS) is 10.3. The second-order valence-corrected chi connectivity index (χ2v) is 4.70. The Labute approximate surface area is 117 Å². The summed E-state index contributed by atoms with van der Waals surface area (Å²) >= 11 is 0. The van der Waals surface area contributed by atoms with E-state index in [4.69, 9.17) is 10.8 Å². The van der Waals surface area contributed by atoms with Crippen LogP contribution in [-0.4, -0.2) is 29.4 Å². The molecule has 0 spiro atoms. The first kappa shape index (κ1) is 15.7. The smallest absolute Gasteiger partial charge is 0.305 e. The molecule has 0 aliphatic heterocycles. The zero-order valence-electron chi connectivity index (χ0n) is 11.5. The summed E-state index contributed by atoms with van der Waals surface area (Å²) in [5.41, 5.74) is 6.04. The fourth-order valence-corrected chi connectivity index (χ4v) is 1.69. The Morgan fingerprint density at radius 2 is 1.75 bits per heavy atom. The van der Waals surface area contributed by atoms with E-state index in [-0.39, 0.29) is 24.8 Å². The Morgan fingerprint density at radius 1 is 1.20 bits per heavy atom. The van der Waals surface area contributed by atoms with Crippen LogP contribution in [0.3, 0.4) is 0 Å². The Kier molecular flexibility index (Phi) is 5.25. The molecular weight excluding hydrogens is 260 g/mol. The van der Waals surface area contributed by atoms with Gasteiger partial charge in [0.1, 0.15) is 0 Å². The first-order chi connectivity index (χ1) is 9.32. The van der Waals surface area contributed by atoms with Gasteiger partial charge in [0.25, 0.3) is 0 Å². The molecule has 0 heterocycles. The maximum atomic E-state index is 12.1. The number of hydrogen-bond donors (Lipinski definition) is 2. The van der Waals surface area contributed by atoms with Crippen LogP contribution in [0.25, 0.3) is 0 Å². The van der Waals surface area contributed by atoms with Gasteiger partial charge >= 0.3 is 5.97 Å². The molecule has 3 N–H and O–H groups in total. The van der Waals surface area contributed by atoms with Crippen LogP contribution < -0.4 is 10.6 Å². The number of hydrogen-bond acceptors (Lipinski definition) is 3. The highest BCUT2D eigenvalue weighted by Gasteiger charge is 2.19. The molecule has 0 unspecified atom stereocenters. The van der Waals surface area contributed by atoms with Gasteiger partial charge in [-0.25, -0.2) is 0 Å². The van der Waals surface area contributed by atoms with Gasteiger partial charge in [0, 0.05) is 23.7 Å². The lowest BCUT2D eigenvalue weighted by molar-refractivity contribution is -0.136. The third-order valence-corrected chi connectivity index (χ3v) is 2.77. The fraction of sp³-hybridized carbons (Fsp3) is 0.357. The molecule has 0 saturated heterocycles. The lowest BCUT2D eigenvalue weighted by atomic mass is 10.1. The van der Waals surface area contributed by atoms with Crippen molar-refractivity contribution in [2.75, 3.05) is 11.4 Å². The molecule has 1 rings (SSSR count). The molecule has 0 bridgehead atoms. The molecule has 0 saturated carbocycles. The summed E-state index contributed by atoms with van der Waals surface area (Å²) in [6.07, 6.45) is -0.143. The number of carboxylic acids is 1. The minimum absolute atomic E-state index is 0.0856. The fourth-order valence-electron chi connectivity index (χ4n) is 1.69. The summed E-state index contributed by atoms with van der Waals surface area (Å²) in [5.74, 6) is -1.94. The number of carbonyl (C=O) groups is 3. The van der Waals surface area contributed by atoms with Crippen molar-refractivity contribution >= 4 is 23.5 Å². The predicted octanol–water partition coefficient (Wildman–Crippen LogP) is 1.25. The van der Waals surface area contributed by atoms with E-state index in [1.54, 1.807) is 26.0 Å². The zero-order chi connectivity index (χ0) is 15.3. The number of nitrogens with zero attached hydrogens (tertiary/aromatic N) is 1. The number of carbonyl (C=O) groups excluding carboxylic acids is 2. The van der Waals surface area contributed by atoms with Crippen molar-refractivity contribution in [2.45, 2.75) is 20.3 Å². The average Bonchev–Trinajstić information content (AvgIpc) is 2.38. The lowest BCUT2D eigenvalue weighted by Crippen LogP contribution is -2.36. The summed E-state index contributed by atoms with van der Waals surface area (Å²) < 4.78 is 0. The van der Waals surface area contributed by atoms with E-state index in [0.717, 1.165) is 0 Å². The standard InChI is InChI=1S/C14H18N2O4/c1-9(2)14(20)16(8-7-12(17)18)11-5-3-10(4-6-11)13(15)19/h3-6,9H,7-8H2,1-2H3,(H2,15,19)(H,17,18). The van der Waals surface area contributed by atoms with Crippen LogP contribution in [0.15, 0.2) is 24.3 Å². The summed E-state index contributed by atoms with van der Waals surface area (Å²) in [6.45, 7) is 3.57. The number of anilines is 1. The van der Waals surface area contributed by atoms with Crippen molar-refractivity contribution in [3.8, 4) is 0 Å². The SMILES string of the molecule is CC(C)C(=O)N(CCC(=O)O)c1ccc(C(N)=O)cc1. The minimum Gasteiger partial charge on any atom is -0.481 e. The number of carboxylic acid groups (broad SMARTS) is 1. The van der Waals surface area contributed by atoms with Crippen LogP contribution in [-0.2, 0) is 9.59 Å². The van der Waals surface area contributed by atoms with Crippen LogP contribution in [0.2, 0.25) is 0 Å². The topological polar surface area (TPSA) is 101 Å². The zero-order valence-corrected chi connectivity index (χ0v) is 11.5. The summed E-state index contributed by atoms with van der Waals surface area (Å²) in [6, 6.07) is 6.20. The van der Waals surface area contributed by atoms with E-state index in [0.29, 0.717) is 11.3 Å². The van der Waals surface area contributed by atoms with Crippen LogP contribution in [0.5, 0.6) is 0 Å². The Bertz CT molecular complexity index is 508. The van der Waals surface area contributed by atoms with Crippen molar-refractivity contribution in [3.05, 3.63) is 29.8 Å². The minimum atomic E-state index is -0.972. The van der Waals surface area contributed by atoms with E-state index in [1.807, 2.05) is 0 Å². The predicted molar refractivity (Wildman–Crippen MR) is 74.4 cm³/mol. The van der Waals surface area contributed by atoms with Crippen LogP contribution in [0, 0.1) is 5.92 Å². The van der Waals surface area contributed by atoms with Crippen LogP contribution in [0.1, 0.15) is 30.6 Å². The van der Waals surface area contributed by atoms with E-state index in [9.17, 15) is 14.4 Å². The summed E-state index contributed by atoms with van der Waals surface area (Å²) in [5, 5.41) is 8.75. The third-order valence-electron chi connectivity index (χ3n) is 2.77. The van der Waals surface area contributed by atoms with Gasteiger partial charge < -0.3 is 15.7 Å². The van der Waals surface area contributed by atoms with Gasteiger partial charge in [0.15, 0.2) is 0 Å². The first-order valence-electron chi connectivity index (χ1n) is 6.26. The van der Waals surface area contributed by atoms with E-state index in [2.05, 4.69) is 0 Å². The van der Waals surface area contributed by atoms with Gasteiger partial charge in [0.2, 0.25) is 11.8 Å². The number of rotatable bonds is 6. The number of primary amides is 1.